The molecule has 0 saturated carbocycles. The molecular formula is C49H94NO8P. The molecule has 348 valence electrons. The Morgan fingerprint density at radius 2 is 0.831 bits per heavy atom. The maximum Gasteiger partial charge on any atom is 0.472 e. The zero-order valence-electron chi connectivity index (χ0n) is 38.5. The second-order valence-electron chi connectivity index (χ2n) is 16.7. The van der Waals surface area contributed by atoms with E-state index < -0.39 is 26.5 Å². The van der Waals surface area contributed by atoms with Gasteiger partial charge in [-0.2, -0.15) is 0 Å². The lowest BCUT2D eigenvalue weighted by molar-refractivity contribution is -0.161. The third-order valence-corrected chi connectivity index (χ3v) is 11.8. The molecule has 0 amide bonds. The highest BCUT2D eigenvalue weighted by atomic mass is 31.2. The Hall–Kier alpha value is -1.51. The van der Waals surface area contributed by atoms with Gasteiger partial charge in [-0.05, 0) is 64.2 Å². The maximum atomic E-state index is 12.6. The molecule has 10 heteroatoms. The first-order chi connectivity index (χ1) is 28.8. The van der Waals surface area contributed by atoms with E-state index in [1.807, 2.05) is 0 Å². The van der Waals surface area contributed by atoms with Gasteiger partial charge in [0.15, 0.2) is 6.10 Å². The number of allylic oxidation sites excluding steroid dienone is 4. The first kappa shape index (κ1) is 57.5. The fraction of sp³-hybridized carbons (Fsp3) is 0.878. The van der Waals surface area contributed by atoms with Gasteiger partial charge in [0, 0.05) is 19.4 Å². The van der Waals surface area contributed by atoms with Crippen molar-refractivity contribution in [3.8, 4) is 0 Å². The van der Waals surface area contributed by atoms with E-state index >= 15 is 0 Å². The fourth-order valence-electron chi connectivity index (χ4n) is 7.10. The molecule has 0 aliphatic carbocycles. The minimum absolute atomic E-state index is 0.0542. The molecule has 59 heavy (non-hydrogen) atoms. The average molecular weight is 856 g/mol. The van der Waals surface area contributed by atoms with Crippen molar-refractivity contribution in [2.24, 2.45) is 5.73 Å². The van der Waals surface area contributed by atoms with Crippen molar-refractivity contribution in [1.29, 1.82) is 0 Å². The van der Waals surface area contributed by atoms with Gasteiger partial charge in [0.25, 0.3) is 0 Å². The Morgan fingerprint density at radius 1 is 0.492 bits per heavy atom. The van der Waals surface area contributed by atoms with Crippen LogP contribution in [-0.4, -0.2) is 49.3 Å². The number of rotatable bonds is 47. The number of unbranched alkanes of at least 4 members (excludes halogenated alkanes) is 30. The van der Waals surface area contributed by atoms with E-state index in [2.05, 4.69) is 38.2 Å². The zero-order valence-corrected chi connectivity index (χ0v) is 39.4. The van der Waals surface area contributed by atoms with Gasteiger partial charge in [0.1, 0.15) is 6.61 Å². The number of phosphoric acid groups is 1. The maximum absolute atomic E-state index is 12.6. The van der Waals surface area contributed by atoms with Crippen LogP contribution in [0.4, 0.5) is 0 Å². The van der Waals surface area contributed by atoms with E-state index in [1.165, 1.54) is 173 Å². The highest BCUT2D eigenvalue weighted by Gasteiger charge is 2.26. The lowest BCUT2D eigenvalue weighted by Crippen LogP contribution is -2.29. The van der Waals surface area contributed by atoms with Crippen LogP contribution in [0, 0.1) is 0 Å². The van der Waals surface area contributed by atoms with Crippen molar-refractivity contribution >= 4 is 19.8 Å². The molecular weight excluding hydrogens is 762 g/mol. The summed E-state index contributed by atoms with van der Waals surface area (Å²) in [6.45, 7) is 3.76. The standard InChI is InChI=1S/C49H94NO8P/c1-3-5-7-9-11-13-15-17-19-21-23-25-27-29-31-33-35-37-39-41-48(51)55-45-47(46-57-59(53,54)56-44-43-50)58-49(52)42-40-38-36-34-32-30-28-26-24-22-20-18-16-14-12-10-8-6-4-2/h17-20,47H,3-16,21-46,50H2,1-2H3,(H,53,54)/t47-/m1/s1. The molecule has 3 N–H and O–H groups in total. The molecule has 1 unspecified atom stereocenters. The summed E-state index contributed by atoms with van der Waals surface area (Å²) < 4.78 is 32.9. The van der Waals surface area contributed by atoms with Crippen LogP contribution in [0.15, 0.2) is 24.3 Å². The fourth-order valence-corrected chi connectivity index (χ4v) is 7.86. The smallest absolute Gasteiger partial charge is 0.462 e. The minimum atomic E-state index is -4.38. The molecule has 0 aliphatic heterocycles. The first-order valence-corrected chi connectivity index (χ1v) is 26.3. The average Bonchev–Trinajstić information content (AvgIpc) is 3.22. The van der Waals surface area contributed by atoms with Crippen LogP contribution < -0.4 is 5.73 Å². The molecule has 0 spiro atoms. The van der Waals surface area contributed by atoms with E-state index in [0.29, 0.717) is 6.42 Å². The predicted molar refractivity (Wildman–Crippen MR) is 247 cm³/mol. The molecule has 0 rings (SSSR count). The van der Waals surface area contributed by atoms with E-state index in [-0.39, 0.29) is 38.6 Å². The minimum Gasteiger partial charge on any atom is -0.462 e. The Labute approximate surface area is 363 Å². The number of nitrogens with two attached hydrogens (primary N) is 1. The number of esters is 2. The normalized spacial score (nSPS) is 13.4. The molecule has 0 fully saturated rings. The van der Waals surface area contributed by atoms with E-state index in [1.54, 1.807) is 0 Å². The van der Waals surface area contributed by atoms with Crippen molar-refractivity contribution in [1.82, 2.24) is 0 Å². The van der Waals surface area contributed by atoms with Crippen LogP contribution in [0.2, 0.25) is 0 Å². The molecule has 0 aromatic rings. The molecule has 0 aliphatic rings. The van der Waals surface area contributed by atoms with Gasteiger partial charge in [0.2, 0.25) is 0 Å². The van der Waals surface area contributed by atoms with Crippen LogP contribution >= 0.6 is 7.82 Å². The highest BCUT2D eigenvalue weighted by molar-refractivity contribution is 7.47. The number of phosphoric ester groups is 1. The molecule has 2 atom stereocenters. The second-order valence-corrected chi connectivity index (χ2v) is 18.1. The number of carbonyl (C=O) groups is 2. The summed E-state index contributed by atoms with van der Waals surface area (Å²) in [7, 11) is -4.38. The number of hydrogen-bond acceptors (Lipinski definition) is 8. The number of carbonyl (C=O) groups excluding carboxylic acids is 2. The van der Waals surface area contributed by atoms with E-state index in [4.69, 9.17) is 24.3 Å². The summed E-state index contributed by atoms with van der Waals surface area (Å²) in [5, 5.41) is 0. The quantitative estimate of drug-likeness (QED) is 0.0265. The number of hydrogen-bond donors (Lipinski definition) is 2. The third-order valence-electron chi connectivity index (χ3n) is 10.8. The third kappa shape index (κ3) is 45.8. The van der Waals surface area contributed by atoms with Gasteiger partial charge in [-0.25, -0.2) is 4.57 Å². The van der Waals surface area contributed by atoms with Crippen molar-refractivity contribution in [3.05, 3.63) is 24.3 Å². The van der Waals surface area contributed by atoms with Gasteiger partial charge >= 0.3 is 19.8 Å². The topological polar surface area (TPSA) is 134 Å². The summed E-state index contributed by atoms with van der Waals surface area (Å²) in [6.07, 6.45) is 50.6. The lowest BCUT2D eigenvalue weighted by Gasteiger charge is -2.19. The highest BCUT2D eigenvalue weighted by Crippen LogP contribution is 2.43. The van der Waals surface area contributed by atoms with Crippen LogP contribution in [-0.2, 0) is 32.7 Å². The van der Waals surface area contributed by atoms with Crippen LogP contribution in [0.25, 0.3) is 0 Å². The summed E-state index contributed by atoms with van der Waals surface area (Å²) in [6, 6.07) is 0. The molecule has 0 aromatic heterocycles. The summed E-state index contributed by atoms with van der Waals surface area (Å²) in [4.78, 5) is 35.0. The second kappa shape index (κ2) is 46.0. The van der Waals surface area contributed by atoms with Gasteiger partial charge in [-0.1, -0.05) is 192 Å². The van der Waals surface area contributed by atoms with Gasteiger partial charge < -0.3 is 20.1 Å². The molecule has 0 heterocycles. The molecule has 0 radical (unpaired) electrons. The zero-order chi connectivity index (χ0) is 43.2. The first-order valence-electron chi connectivity index (χ1n) is 24.8. The van der Waals surface area contributed by atoms with E-state index in [0.717, 1.165) is 38.5 Å². The summed E-state index contributed by atoms with van der Waals surface area (Å²) >= 11 is 0. The van der Waals surface area contributed by atoms with Crippen LogP contribution in [0.1, 0.15) is 245 Å². The Kier molecular flexibility index (Phi) is 44.8. The molecule has 0 aromatic carbocycles. The SMILES string of the molecule is CCCCCCCCC=CCCCCCCCCCCCC(=O)OC[C@H](COP(=O)(O)OCCN)OC(=O)CCCCCCCCCCCC=CCCCCCCCC. The number of ether oxygens (including phenoxy) is 2. The lowest BCUT2D eigenvalue weighted by atomic mass is 10.1. The molecule has 0 bridgehead atoms. The molecule has 0 saturated heterocycles. The van der Waals surface area contributed by atoms with E-state index in [9.17, 15) is 19.0 Å². The van der Waals surface area contributed by atoms with Gasteiger partial charge in [-0.3, -0.25) is 18.6 Å². The Balaban J connectivity index is 4.05. The predicted octanol–water partition coefficient (Wildman–Crippen LogP) is 14.7. The van der Waals surface area contributed by atoms with Gasteiger partial charge in [-0.15, -0.1) is 0 Å². The molecule has 9 nitrogen and oxygen atoms in total. The van der Waals surface area contributed by atoms with Crippen molar-refractivity contribution < 1.29 is 37.6 Å². The Bertz CT molecular complexity index is 1020. The van der Waals surface area contributed by atoms with Crippen LogP contribution in [0.5, 0.6) is 0 Å². The summed E-state index contributed by atoms with van der Waals surface area (Å²) in [5.74, 6) is -0.823. The van der Waals surface area contributed by atoms with Crippen LogP contribution in [0.3, 0.4) is 0 Å². The monoisotopic (exact) mass is 856 g/mol. The van der Waals surface area contributed by atoms with Crippen molar-refractivity contribution in [3.63, 3.8) is 0 Å². The van der Waals surface area contributed by atoms with Crippen molar-refractivity contribution in [2.45, 2.75) is 251 Å². The summed E-state index contributed by atoms with van der Waals surface area (Å²) in [5.41, 5.74) is 5.36. The largest absolute Gasteiger partial charge is 0.472 e. The van der Waals surface area contributed by atoms with Crippen molar-refractivity contribution in [2.75, 3.05) is 26.4 Å². The van der Waals surface area contributed by atoms with Gasteiger partial charge in [0.05, 0.1) is 13.2 Å². The Morgan fingerprint density at radius 3 is 1.20 bits per heavy atom.